The molecule has 4 heterocycles. The van der Waals surface area contributed by atoms with Crippen LogP contribution < -0.4 is 0 Å². The highest BCUT2D eigenvalue weighted by Crippen LogP contribution is 2.44. The maximum atomic E-state index is 6.75. The highest BCUT2D eigenvalue weighted by Gasteiger charge is 2.22. The molecule has 0 fully saturated rings. The van der Waals surface area contributed by atoms with Gasteiger partial charge in [0.2, 0.25) is 0 Å². The summed E-state index contributed by atoms with van der Waals surface area (Å²) < 4.78 is 18.1. The maximum Gasteiger partial charge on any atom is 0.159 e. The van der Waals surface area contributed by atoms with Gasteiger partial charge in [0.15, 0.2) is 5.58 Å². The number of fused-ring (bicyclic) bond motifs is 13. The van der Waals surface area contributed by atoms with Gasteiger partial charge in [0, 0.05) is 43.4 Å². The molecule has 9 aromatic carbocycles. The predicted octanol–water partition coefficient (Wildman–Crippen LogP) is 15.0. The number of nitrogens with zero attached hydrogens (tertiary/aromatic N) is 2. The Morgan fingerprint density at radius 2 is 0.828 bits per heavy atom. The summed E-state index contributed by atoms with van der Waals surface area (Å²) >= 11 is 0. The van der Waals surface area contributed by atoms with Gasteiger partial charge in [0.05, 0.1) is 33.1 Å². The lowest BCUT2D eigenvalue weighted by Crippen LogP contribution is -1.94. The van der Waals surface area contributed by atoms with Gasteiger partial charge in [-0.15, -0.1) is 0 Å². The average molecular weight is 741 g/mol. The predicted molar refractivity (Wildman–Crippen MR) is 241 cm³/mol. The van der Waals surface area contributed by atoms with Crippen LogP contribution in [0.3, 0.4) is 0 Å². The van der Waals surface area contributed by atoms with Gasteiger partial charge in [-0.3, -0.25) is 0 Å². The highest BCUT2D eigenvalue weighted by molar-refractivity contribution is 6.25. The molecule has 13 rings (SSSR count). The third kappa shape index (κ3) is 4.40. The number of furan rings is 2. The lowest BCUT2D eigenvalue weighted by molar-refractivity contribution is 0.666. The number of hydrogen-bond acceptors (Lipinski definition) is 2. The first-order valence-electron chi connectivity index (χ1n) is 19.8. The summed E-state index contributed by atoms with van der Waals surface area (Å²) in [5, 5.41) is 9.12. The van der Waals surface area contributed by atoms with Crippen LogP contribution in [0.25, 0.3) is 121 Å². The number of para-hydroxylation sites is 4. The molecular weight excluding hydrogens is 709 g/mol. The zero-order valence-electron chi connectivity index (χ0n) is 31.2. The Morgan fingerprint density at radius 1 is 0.293 bits per heavy atom. The van der Waals surface area contributed by atoms with Gasteiger partial charge in [0.1, 0.15) is 16.7 Å². The Labute approximate surface area is 332 Å². The van der Waals surface area contributed by atoms with Crippen molar-refractivity contribution in [3.8, 4) is 33.6 Å². The third-order valence-corrected chi connectivity index (χ3v) is 12.1. The van der Waals surface area contributed by atoms with E-state index < -0.39 is 0 Å². The molecule has 4 nitrogen and oxygen atoms in total. The van der Waals surface area contributed by atoms with Crippen LogP contribution in [0.1, 0.15) is 0 Å². The standard InChI is InChI=1S/C54H32N2O2/c1-2-11-33(12-3-1)34-21-25-37(26-22-34)55-45-17-7-4-13-38(45)43-31-35(23-28-46(43)55)36-24-29-47-44(32-36)52-48(30-27-42-40-15-6-9-20-51(40)58-54(42)52)56(47)49-18-10-16-41-39-14-5-8-19-50(39)57-53(41)49/h1-32H. The van der Waals surface area contributed by atoms with Crippen LogP contribution in [0.5, 0.6) is 0 Å². The minimum atomic E-state index is 0.868. The van der Waals surface area contributed by atoms with Crippen molar-refractivity contribution in [2.24, 2.45) is 0 Å². The zero-order valence-corrected chi connectivity index (χ0v) is 31.2. The average Bonchev–Trinajstić information content (AvgIpc) is 4.04. The number of rotatable bonds is 4. The van der Waals surface area contributed by atoms with E-state index >= 15 is 0 Å². The molecule has 4 aromatic heterocycles. The van der Waals surface area contributed by atoms with Crippen LogP contribution in [0.15, 0.2) is 203 Å². The molecule has 0 aliphatic rings. The van der Waals surface area contributed by atoms with Crippen molar-refractivity contribution in [1.82, 2.24) is 9.13 Å². The number of hydrogen-bond donors (Lipinski definition) is 0. The lowest BCUT2D eigenvalue weighted by Gasteiger charge is -2.10. The Kier molecular flexibility index (Phi) is 6.41. The van der Waals surface area contributed by atoms with Gasteiger partial charge in [0.25, 0.3) is 0 Å². The lowest BCUT2D eigenvalue weighted by atomic mass is 10.00. The van der Waals surface area contributed by atoms with Crippen LogP contribution >= 0.6 is 0 Å². The monoisotopic (exact) mass is 740 g/mol. The van der Waals surface area contributed by atoms with E-state index in [-0.39, 0.29) is 0 Å². The fraction of sp³-hybridized carbons (Fsp3) is 0. The first-order valence-corrected chi connectivity index (χ1v) is 19.8. The first kappa shape index (κ1) is 31.4. The normalized spacial score (nSPS) is 12.1. The molecule has 0 amide bonds. The van der Waals surface area contributed by atoms with E-state index in [2.05, 4.69) is 185 Å². The quantitative estimate of drug-likeness (QED) is 0.180. The van der Waals surface area contributed by atoms with E-state index in [4.69, 9.17) is 8.83 Å². The van der Waals surface area contributed by atoms with Gasteiger partial charge in [-0.1, -0.05) is 121 Å². The van der Waals surface area contributed by atoms with Gasteiger partial charge in [-0.05, 0) is 95.1 Å². The maximum absolute atomic E-state index is 6.75. The van der Waals surface area contributed by atoms with Gasteiger partial charge >= 0.3 is 0 Å². The van der Waals surface area contributed by atoms with Crippen LogP contribution in [-0.2, 0) is 0 Å². The molecule has 0 bridgehead atoms. The van der Waals surface area contributed by atoms with Crippen LogP contribution in [0.4, 0.5) is 0 Å². The second kappa shape index (κ2) is 11.8. The van der Waals surface area contributed by atoms with Crippen molar-refractivity contribution in [2.75, 3.05) is 0 Å². The van der Waals surface area contributed by atoms with E-state index in [0.717, 1.165) is 88.2 Å². The Hall–Kier alpha value is -7.82. The molecular formula is C54H32N2O2. The molecule has 58 heavy (non-hydrogen) atoms. The number of benzene rings is 9. The fourth-order valence-corrected chi connectivity index (χ4v) is 9.50. The Balaban J connectivity index is 1.04. The second-order valence-corrected chi connectivity index (χ2v) is 15.3. The minimum absolute atomic E-state index is 0.868. The van der Waals surface area contributed by atoms with Crippen LogP contribution in [0.2, 0.25) is 0 Å². The molecule has 0 radical (unpaired) electrons. The van der Waals surface area contributed by atoms with Crippen LogP contribution in [0, 0.1) is 0 Å². The molecule has 4 heteroatoms. The second-order valence-electron chi connectivity index (χ2n) is 15.3. The molecule has 13 aromatic rings. The van der Waals surface area contributed by atoms with Gasteiger partial charge in [-0.25, -0.2) is 0 Å². The molecule has 0 unspecified atom stereocenters. The molecule has 0 spiro atoms. The van der Waals surface area contributed by atoms with Crippen molar-refractivity contribution in [3.05, 3.63) is 194 Å². The molecule has 0 N–H and O–H groups in total. The van der Waals surface area contributed by atoms with Gasteiger partial charge in [-0.2, -0.15) is 0 Å². The van der Waals surface area contributed by atoms with Crippen molar-refractivity contribution in [3.63, 3.8) is 0 Å². The molecule has 270 valence electrons. The highest BCUT2D eigenvalue weighted by atomic mass is 16.3. The summed E-state index contributed by atoms with van der Waals surface area (Å²) in [7, 11) is 0. The molecule has 0 atom stereocenters. The summed E-state index contributed by atoms with van der Waals surface area (Å²) in [5.41, 5.74) is 14.9. The molecule has 0 aliphatic heterocycles. The van der Waals surface area contributed by atoms with E-state index in [1.807, 2.05) is 18.2 Å². The minimum Gasteiger partial charge on any atom is -0.455 e. The topological polar surface area (TPSA) is 36.1 Å². The van der Waals surface area contributed by atoms with E-state index in [0.29, 0.717) is 0 Å². The Bertz CT molecular complexity index is 3780. The summed E-state index contributed by atoms with van der Waals surface area (Å²) in [4.78, 5) is 0. The largest absolute Gasteiger partial charge is 0.455 e. The van der Waals surface area contributed by atoms with Crippen molar-refractivity contribution >= 4 is 87.5 Å². The fourth-order valence-electron chi connectivity index (χ4n) is 9.50. The van der Waals surface area contributed by atoms with Gasteiger partial charge < -0.3 is 18.0 Å². The van der Waals surface area contributed by atoms with Crippen LogP contribution in [-0.4, -0.2) is 9.13 Å². The number of aromatic nitrogens is 2. The van der Waals surface area contributed by atoms with E-state index in [9.17, 15) is 0 Å². The zero-order chi connectivity index (χ0) is 37.9. The van der Waals surface area contributed by atoms with E-state index in [1.54, 1.807) is 0 Å². The summed E-state index contributed by atoms with van der Waals surface area (Å²) in [6, 6.07) is 69.5. The first-order chi connectivity index (χ1) is 28.8. The summed E-state index contributed by atoms with van der Waals surface area (Å²) in [6.45, 7) is 0. The smallest absolute Gasteiger partial charge is 0.159 e. The summed E-state index contributed by atoms with van der Waals surface area (Å²) in [6.07, 6.45) is 0. The molecule has 0 saturated heterocycles. The SMILES string of the molecule is c1ccc(-c2ccc(-n3c4ccccc4c4cc(-c5ccc6c(c5)c5c7oc8ccccc8c7ccc5n6-c5cccc6c5oc5ccccc56)ccc43)cc2)cc1. The third-order valence-electron chi connectivity index (χ3n) is 12.1. The Morgan fingerprint density at radius 3 is 1.59 bits per heavy atom. The van der Waals surface area contributed by atoms with Crippen molar-refractivity contribution in [2.45, 2.75) is 0 Å². The molecule has 0 saturated carbocycles. The van der Waals surface area contributed by atoms with Crippen molar-refractivity contribution < 1.29 is 8.83 Å². The molecule has 0 aliphatic carbocycles. The summed E-state index contributed by atoms with van der Waals surface area (Å²) in [5.74, 6) is 0. The van der Waals surface area contributed by atoms with E-state index in [1.165, 1.54) is 32.9 Å². The van der Waals surface area contributed by atoms with Crippen molar-refractivity contribution in [1.29, 1.82) is 0 Å².